The highest BCUT2D eigenvalue weighted by atomic mass is 32.2. The lowest BCUT2D eigenvalue weighted by Crippen LogP contribution is -2.39. The number of hydrogen-bond acceptors (Lipinski definition) is 4. The molecule has 5 nitrogen and oxygen atoms in total. The number of aliphatic hydroxyl groups excluding tert-OH is 1. The average Bonchev–Trinajstić information content (AvgIpc) is 2.34. The smallest absolute Gasteiger partial charge is 0.243 e. The van der Waals surface area contributed by atoms with E-state index >= 15 is 0 Å². The van der Waals surface area contributed by atoms with Gasteiger partial charge in [0.15, 0.2) is 0 Å². The lowest BCUT2D eigenvalue weighted by atomic mass is 10.1. The standard InChI is InChI=1S/C13H20N2O3S2/c1-9(2)15(6-7-16)20(17,18)11-4-5-12(13(14)19)10(3)8-11/h4-5,8-9,16H,6-7H2,1-3H3,(H2,14,19). The SMILES string of the molecule is Cc1cc(S(=O)(=O)N(CCO)C(C)C)ccc1C(N)=S. The van der Waals surface area contributed by atoms with E-state index in [1.807, 2.05) is 0 Å². The number of hydrogen-bond donors (Lipinski definition) is 2. The van der Waals surface area contributed by atoms with Crippen molar-refractivity contribution in [3.05, 3.63) is 29.3 Å². The van der Waals surface area contributed by atoms with Crippen LogP contribution in [0.25, 0.3) is 0 Å². The molecule has 0 saturated carbocycles. The lowest BCUT2D eigenvalue weighted by Gasteiger charge is -2.25. The molecule has 0 spiro atoms. The summed E-state index contributed by atoms with van der Waals surface area (Å²) in [6.45, 7) is 5.14. The van der Waals surface area contributed by atoms with E-state index in [-0.39, 0.29) is 29.1 Å². The first kappa shape index (κ1) is 17.0. The summed E-state index contributed by atoms with van der Waals surface area (Å²) >= 11 is 4.91. The second-order valence-electron chi connectivity index (χ2n) is 4.77. The molecule has 1 rings (SSSR count). The van der Waals surface area contributed by atoms with Crippen molar-refractivity contribution in [2.24, 2.45) is 5.73 Å². The highest BCUT2D eigenvalue weighted by molar-refractivity contribution is 7.89. The summed E-state index contributed by atoms with van der Waals surface area (Å²) in [6.07, 6.45) is 0. The van der Waals surface area contributed by atoms with Crippen LogP contribution in [0.2, 0.25) is 0 Å². The largest absolute Gasteiger partial charge is 0.395 e. The van der Waals surface area contributed by atoms with Gasteiger partial charge in [-0.3, -0.25) is 0 Å². The van der Waals surface area contributed by atoms with Crippen molar-refractivity contribution in [3.8, 4) is 0 Å². The summed E-state index contributed by atoms with van der Waals surface area (Å²) in [5.74, 6) is 0. The van der Waals surface area contributed by atoms with Crippen LogP contribution in [0.15, 0.2) is 23.1 Å². The van der Waals surface area contributed by atoms with Crippen LogP contribution in [0, 0.1) is 6.92 Å². The van der Waals surface area contributed by atoms with E-state index in [2.05, 4.69) is 0 Å². The Balaban J connectivity index is 3.28. The Morgan fingerprint density at radius 2 is 2.05 bits per heavy atom. The summed E-state index contributed by atoms with van der Waals surface area (Å²) < 4.78 is 26.4. The van der Waals surface area contributed by atoms with E-state index in [4.69, 9.17) is 23.1 Å². The number of rotatable bonds is 6. The van der Waals surface area contributed by atoms with E-state index in [1.165, 1.54) is 10.4 Å². The zero-order chi connectivity index (χ0) is 15.5. The minimum absolute atomic E-state index is 0.0656. The van der Waals surface area contributed by atoms with Crippen LogP contribution in [-0.2, 0) is 10.0 Å². The lowest BCUT2D eigenvalue weighted by molar-refractivity contribution is 0.236. The molecule has 7 heteroatoms. The zero-order valence-electron chi connectivity index (χ0n) is 11.8. The molecule has 0 aliphatic rings. The second kappa shape index (κ2) is 6.62. The predicted octanol–water partition coefficient (Wildman–Crippen LogP) is 1.02. The molecule has 0 atom stereocenters. The van der Waals surface area contributed by atoms with Gasteiger partial charge in [-0.25, -0.2) is 8.42 Å². The van der Waals surface area contributed by atoms with Crippen LogP contribution in [0.4, 0.5) is 0 Å². The van der Waals surface area contributed by atoms with Crippen LogP contribution >= 0.6 is 12.2 Å². The number of nitrogens with zero attached hydrogens (tertiary/aromatic N) is 1. The van der Waals surface area contributed by atoms with Crippen LogP contribution in [0.3, 0.4) is 0 Å². The van der Waals surface area contributed by atoms with Gasteiger partial charge in [-0.05, 0) is 38.5 Å². The normalized spacial score (nSPS) is 12.1. The van der Waals surface area contributed by atoms with E-state index in [0.717, 1.165) is 0 Å². The third-order valence-electron chi connectivity index (χ3n) is 2.97. The van der Waals surface area contributed by atoms with Gasteiger partial charge < -0.3 is 10.8 Å². The van der Waals surface area contributed by atoms with Gasteiger partial charge in [-0.1, -0.05) is 18.3 Å². The molecule has 0 heterocycles. The summed E-state index contributed by atoms with van der Waals surface area (Å²) in [4.78, 5) is 0.416. The van der Waals surface area contributed by atoms with Gasteiger partial charge in [-0.2, -0.15) is 4.31 Å². The number of aliphatic hydroxyl groups is 1. The number of aryl methyl sites for hydroxylation is 1. The third-order valence-corrected chi connectivity index (χ3v) is 5.26. The molecule has 0 aliphatic carbocycles. The van der Waals surface area contributed by atoms with Crippen molar-refractivity contribution in [3.63, 3.8) is 0 Å². The minimum atomic E-state index is -3.64. The van der Waals surface area contributed by atoms with Crippen molar-refractivity contribution < 1.29 is 13.5 Å². The molecule has 0 fully saturated rings. The van der Waals surface area contributed by atoms with Crippen molar-refractivity contribution in [2.75, 3.05) is 13.2 Å². The molecule has 3 N–H and O–H groups in total. The van der Waals surface area contributed by atoms with Crippen molar-refractivity contribution >= 4 is 27.2 Å². The highest BCUT2D eigenvalue weighted by Gasteiger charge is 2.26. The van der Waals surface area contributed by atoms with E-state index < -0.39 is 10.0 Å². The third kappa shape index (κ3) is 3.54. The second-order valence-corrected chi connectivity index (χ2v) is 7.10. The van der Waals surface area contributed by atoms with E-state index in [9.17, 15) is 8.42 Å². The Labute approximate surface area is 125 Å². The van der Waals surface area contributed by atoms with Crippen molar-refractivity contribution in [2.45, 2.75) is 31.7 Å². The van der Waals surface area contributed by atoms with Gasteiger partial charge >= 0.3 is 0 Å². The first-order valence-corrected chi connectivity index (χ1v) is 8.09. The van der Waals surface area contributed by atoms with E-state index in [0.29, 0.717) is 11.1 Å². The number of thiocarbonyl (C=S) groups is 1. The fraction of sp³-hybridized carbons (Fsp3) is 0.462. The fourth-order valence-electron chi connectivity index (χ4n) is 1.96. The molecule has 0 aromatic heterocycles. The van der Waals surface area contributed by atoms with Gasteiger partial charge in [0.05, 0.1) is 11.5 Å². The van der Waals surface area contributed by atoms with Gasteiger partial charge in [0.2, 0.25) is 10.0 Å². The number of nitrogens with two attached hydrogens (primary N) is 1. The van der Waals surface area contributed by atoms with Gasteiger partial charge in [0.25, 0.3) is 0 Å². The van der Waals surface area contributed by atoms with Crippen LogP contribution < -0.4 is 5.73 Å². The summed E-state index contributed by atoms with van der Waals surface area (Å²) in [5, 5.41) is 9.03. The Morgan fingerprint density at radius 1 is 1.45 bits per heavy atom. The van der Waals surface area contributed by atoms with Crippen molar-refractivity contribution in [1.29, 1.82) is 0 Å². The Bertz CT molecular complexity index is 598. The number of benzene rings is 1. The predicted molar refractivity (Wildman–Crippen MR) is 83.2 cm³/mol. The van der Waals surface area contributed by atoms with Gasteiger partial charge in [0.1, 0.15) is 4.99 Å². The summed E-state index contributed by atoms with van der Waals surface area (Å²) in [6, 6.07) is 4.42. The Hall–Kier alpha value is -1.02. The molecule has 0 aliphatic heterocycles. The highest BCUT2D eigenvalue weighted by Crippen LogP contribution is 2.21. The van der Waals surface area contributed by atoms with Crippen LogP contribution in [-0.4, -0.2) is 42.0 Å². The molecular weight excluding hydrogens is 296 g/mol. The first-order valence-electron chi connectivity index (χ1n) is 6.25. The maximum absolute atomic E-state index is 12.5. The molecular formula is C13H20N2O3S2. The van der Waals surface area contributed by atoms with E-state index in [1.54, 1.807) is 32.9 Å². The fourth-order valence-corrected chi connectivity index (χ4v) is 3.91. The van der Waals surface area contributed by atoms with Gasteiger partial charge in [0, 0.05) is 18.2 Å². The molecule has 0 bridgehead atoms. The van der Waals surface area contributed by atoms with Crippen molar-refractivity contribution in [1.82, 2.24) is 4.31 Å². The summed E-state index contributed by atoms with van der Waals surface area (Å²) in [7, 11) is -3.64. The van der Waals surface area contributed by atoms with Crippen LogP contribution in [0.1, 0.15) is 25.0 Å². The maximum Gasteiger partial charge on any atom is 0.243 e. The molecule has 1 aromatic carbocycles. The molecule has 112 valence electrons. The molecule has 0 unspecified atom stereocenters. The first-order chi connectivity index (χ1) is 9.21. The average molecular weight is 316 g/mol. The monoisotopic (exact) mass is 316 g/mol. The van der Waals surface area contributed by atoms with Crippen LogP contribution in [0.5, 0.6) is 0 Å². The topological polar surface area (TPSA) is 83.6 Å². The van der Waals surface area contributed by atoms with Gasteiger partial charge in [-0.15, -0.1) is 0 Å². The Morgan fingerprint density at radius 3 is 2.45 bits per heavy atom. The quantitative estimate of drug-likeness (QED) is 0.766. The molecule has 0 radical (unpaired) electrons. The summed E-state index contributed by atoms with van der Waals surface area (Å²) in [5.41, 5.74) is 6.95. The molecule has 1 aromatic rings. The maximum atomic E-state index is 12.5. The Kier molecular flexibility index (Phi) is 5.64. The molecule has 0 saturated heterocycles. The molecule has 0 amide bonds. The number of sulfonamides is 1. The minimum Gasteiger partial charge on any atom is -0.395 e. The zero-order valence-corrected chi connectivity index (χ0v) is 13.5. The molecule has 20 heavy (non-hydrogen) atoms.